The van der Waals surface area contributed by atoms with Crippen molar-refractivity contribution in [3.63, 3.8) is 0 Å². The van der Waals surface area contributed by atoms with Gasteiger partial charge in [-0.05, 0) is 107 Å². The standard InChI is InChI=1S/C43H80N2O14/c1-14-31-43(10,53)36(49)28(6)45(12)22-24(2)20-41(8,52)38(59-40-34(48)30(19-25(3)55-40)23-44(11)18-16-15-17-32(46)47)26(4)35(27(5)39(51)57-31)58-33-21-42(9,54-13)37(50)29(7)56-33/h24-31,33-38,40,48-50,52-53H,14-23H2,1-13H3,(H,46,47)/t24-,25-,26+,27-,28-,29+,30-,31-,33+,34-,35+,36-,37+,38-,40+,41-,42-,43-/m1/s1. The lowest BCUT2D eigenvalue weighted by Gasteiger charge is -2.48. The predicted molar refractivity (Wildman–Crippen MR) is 219 cm³/mol. The lowest BCUT2D eigenvalue weighted by molar-refractivity contribution is -0.318. The highest BCUT2D eigenvalue weighted by Gasteiger charge is 2.52. The molecule has 6 N–H and O–H groups in total. The summed E-state index contributed by atoms with van der Waals surface area (Å²) in [6.07, 6.45) is -7.40. The van der Waals surface area contributed by atoms with Gasteiger partial charge in [-0.25, -0.2) is 0 Å². The summed E-state index contributed by atoms with van der Waals surface area (Å²) in [6, 6.07) is -0.565. The Kier molecular flexibility index (Phi) is 19.1. The molecule has 0 spiro atoms. The number of cyclic esters (lactones) is 1. The van der Waals surface area contributed by atoms with Crippen LogP contribution in [0.25, 0.3) is 0 Å². The number of aliphatic carboxylic acids is 1. The van der Waals surface area contributed by atoms with Gasteiger partial charge in [0.2, 0.25) is 0 Å². The van der Waals surface area contributed by atoms with Gasteiger partial charge in [0.25, 0.3) is 0 Å². The number of aliphatic hydroxyl groups is 5. The Morgan fingerprint density at radius 2 is 1.61 bits per heavy atom. The van der Waals surface area contributed by atoms with Gasteiger partial charge in [0, 0.05) is 50.9 Å². The summed E-state index contributed by atoms with van der Waals surface area (Å²) in [5.41, 5.74) is -4.49. The Morgan fingerprint density at radius 1 is 0.966 bits per heavy atom. The molecule has 59 heavy (non-hydrogen) atoms. The zero-order valence-electron chi connectivity index (χ0n) is 38.1. The van der Waals surface area contributed by atoms with E-state index in [0.717, 1.165) is 0 Å². The molecule has 0 aromatic rings. The first-order valence-electron chi connectivity index (χ1n) is 21.8. The Balaban J connectivity index is 2.10. The van der Waals surface area contributed by atoms with Gasteiger partial charge < -0.3 is 68.9 Å². The average molecular weight is 849 g/mol. The van der Waals surface area contributed by atoms with E-state index in [0.29, 0.717) is 38.9 Å². The molecule has 0 saturated carbocycles. The van der Waals surface area contributed by atoms with E-state index >= 15 is 0 Å². The van der Waals surface area contributed by atoms with Gasteiger partial charge in [0.1, 0.15) is 30.0 Å². The van der Waals surface area contributed by atoms with E-state index in [1.54, 1.807) is 48.5 Å². The molecule has 3 aliphatic rings. The number of rotatable bonds is 13. The lowest BCUT2D eigenvalue weighted by atomic mass is 9.77. The smallest absolute Gasteiger partial charge is 0.311 e. The minimum Gasteiger partial charge on any atom is -0.481 e. The van der Waals surface area contributed by atoms with Crippen LogP contribution in [0, 0.1) is 23.7 Å². The number of carboxylic acids is 1. The fourth-order valence-electron chi connectivity index (χ4n) is 9.68. The number of carbonyl (C=O) groups excluding carboxylic acids is 1. The Bertz CT molecular complexity index is 1320. The molecule has 0 aliphatic carbocycles. The second kappa shape index (κ2) is 21.7. The molecule has 0 aromatic carbocycles. The van der Waals surface area contributed by atoms with Gasteiger partial charge in [0.15, 0.2) is 12.6 Å². The molecule has 16 nitrogen and oxygen atoms in total. The number of hydrogen-bond donors (Lipinski definition) is 6. The van der Waals surface area contributed by atoms with Crippen molar-refractivity contribution < 1.29 is 68.6 Å². The third-order valence-corrected chi connectivity index (χ3v) is 13.4. The second-order valence-corrected chi connectivity index (χ2v) is 19.0. The molecule has 3 aliphatic heterocycles. The van der Waals surface area contributed by atoms with Crippen LogP contribution >= 0.6 is 0 Å². The molecule has 0 bridgehead atoms. The molecule has 3 heterocycles. The van der Waals surface area contributed by atoms with E-state index in [-0.39, 0.29) is 43.6 Å². The number of esters is 1. The predicted octanol–water partition coefficient (Wildman–Crippen LogP) is 2.77. The number of unbranched alkanes of at least 4 members (excludes halogenated alkanes) is 1. The third kappa shape index (κ3) is 13.2. The van der Waals surface area contributed by atoms with Crippen LogP contribution in [-0.2, 0) is 38.0 Å². The van der Waals surface area contributed by atoms with E-state index in [1.807, 2.05) is 32.8 Å². The molecule has 3 saturated heterocycles. The molecule has 3 rings (SSSR count). The van der Waals surface area contributed by atoms with Crippen molar-refractivity contribution in [2.24, 2.45) is 23.7 Å². The van der Waals surface area contributed by atoms with Crippen molar-refractivity contribution in [2.75, 3.05) is 40.8 Å². The normalized spacial score (nSPS) is 45.1. The molecule has 0 aromatic heterocycles. The van der Waals surface area contributed by atoms with Crippen LogP contribution in [0.15, 0.2) is 0 Å². The maximum absolute atomic E-state index is 14.3. The number of carboxylic acid groups (broad SMARTS) is 1. The number of methoxy groups -OCH3 is 1. The van der Waals surface area contributed by atoms with Crippen molar-refractivity contribution in [2.45, 2.75) is 198 Å². The van der Waals surface area contributed by atoms with Gasteiger partial charge in [-0.15, -0.1) is 0 Å². The van der Waals surface area contributed by atoms with E-state index in [2.05, 4.69) is 4.90 Å². The third-order valence-electron chi connectivity index (χ3n) is 13.4. The number of carbonyl (C=O) groups is 2. The summed E-state index contributed by atoms with van der Waals surface area (Å²) in [5.74, 6) is -3.84. The number of ether oxygens (including phenoxy) is 6. The van der Waals surface area contributed by atoms with Crippen LogP contribution in [0.4, 0.5) is 0 Å². The zero-order valence-corrected chi connectivity index (χ0v) is 38.1. The summed E-state index contributed by atoms with van der Waals surface area (Å²) < 4.78 is 37.8. The van der Waals surface area contributed by atoms with Crippen LogP contribution < -0.4 is 0 Å². The Hall–Kier alpha value is -1.54. The van der Waals surface area contributed by atoms with Crippen molar-refractivity contribution in [3.05, 3.63) is 0 Å². The van der Waals surface area contributed by atoms with Crippen LogP contribution in [0.3, 0.4) is 0 Å². The first kappa shape index (κ1) is 51.8. The topological polar surface area (TPSA) is 217 Å². The van der Waals surface area contributed by atoms with Gasteiger partial charge in [-0.2, -0.15) is 0 Å². The second-order valence-electron chi connectivity index (χ2n) is 19.0. The SMILES string of the molecule is CC[C@H]1OC(=O)[C@H](C)[C@@H](O[C@H]2C[C@@](C)(OC)[C@@H](O)[C@H](C)O2)[C@H](C)[C@@H](O[C@@H]2O[C@H](C)C[C@H](CN(C)CCCCC(=O)O)[C@H]2O)[C@](C)(O)C[C@@H](C)CN(C)[C@H](C)[C@@H](O)[C@]1(C)O. The molecule has 3 fully saturated rings. The van der Waals surface area contributed by atoms with Crippen molar-refractivity contribution in [3.8, 4) is 0 Å². The maximum atomic E-state index is 14.3. The largest absolute Gasteiger partial charge is 0.481 e. The monoisotopic (exact) mass is 849 g/mol. The highest BCUT2D eigenvalue weighted by Crippen LogP contribution is 2.40. The molecule has 0 unspecified atom stereocenters. The van der Waals surface area contributed by atoms with Crippen LogP contribution in [-0.4, -0.2) is 177 Å². The van der Waals surface area contributed by atoms with Gasteiger partial charge in [-0.3, -0.25) is 9.59 Å². The number of aliphatic hydroxyl groups excluding tert-OH is 3. The van der Waals surface area contributed by atoms with E-state index < -0.39 is 102 Å². The van der Waals surface area contributed by atoms with E-state index in [4.69, 9.17) is 33.5 Å². The van der Waals surface area contributed by atoms with Crippen LogP contribution in [0.5, 0.6) is 0 Å². The van der Waals surface area contributed by atoms with Gasteiger partial charge in [0.05, 0.1) is 41.5 Å². The van der Waals surface area contributed by atoms with E-state index in [1.165, 1.54) is 14.0 Å². The highest BCUT2D eigenvalue weighted by atomic mass is 16.7. The van der Waals surface area contributed by atoms with Crippen molar-refractivity contribution in [1.82, 2.24) is 9.80 Å². The minimum absolute atomic E-state index is 0.0939. The quantitative estimate of drug-likeness (QED) is 0.116. The maximum Gasteiger partial charge on any atom is 0.311 e. The highest BCUT2D eigenvalue weighted by molar-refractivity contribution is 5.73. The first-order chi connectivity index (χ1) is 27.3. The summed E-state index contributed by atoms with van der Waals surface area (Å²) in [4.78, 5) is 29.3. The minimum atomic E-state index is -1.83. The molecule has 346 valence electrons. The number of likely N-dealkylation sites (N-methyl/N-ethyl adjacent to an activating group) is 1. The van der Waals surface area contributed by atoms with Crippen LogP contribution in [0.1, 0.15) is 114 Å². The molecule has 0 amide bonds. The van der Waals surface area contributed by atoms with E-state index in [9.17, 15) is 35.1 Å². The summed E-state index contributed by atoms with van der Waals surface area (Å²) in [6.45, 7) is 19.0. The molecule has 0 radical (unpaired) electrons. The fraction of sp³-hybridized carbons (Fsp3) is 0.953. The lowest BCUT2D eigenvalue weighted by Crippen LogP contribution is -2.60. The Labute approximate surface area is 352 Å². The Morgan fingerprint density at radius 3 is 2.20 bits per heavy atom. The van der Waals surface area contributed by atoms with Gasteiger partial charge in [-0.1, -0.05) is 20.8 Å². The summed E-state index contributed by atoms with van der Waals surface area (Å²) >= 11 is 0. The van der Waals surface area contributed by atoms with Gasteiger partial charge >= 0.3 is 11.9 Å². The molecular weight excluding hydrogens is 768 g/mol. The summed E-state index contributed by atoms with van der Waals surface area (Å²) in [5, 5.41) is 67.9. The molecular formula is C43H80N2O14. The molecule has 16 heteroatoms. The molecule has 18 atom stereocenters. The van der Waals surface area contributed by atoms with Crippen molar-refractivity contribution >= 4 is 11.9 Å². The average Bonchev–Trinajstić information content (AvgIpc) is 3.15. The summed E-state index contributed by atoms with van der Waals surface area (Å²) in [7, 11) is 5.26. The first-order valence-corrected chi connectivity index (χ1v) is 21.8. The van der Waals surface area contributed by atoms with Crippen molar-refractivity contribution in [1.29, 1.82) is 0 Å². The number of hydrogen-bond acceptors (Lipinski definition) is 15. The van der Waals surface area contributed by atoms with Crippen LogP contribution in [0.2, 0.25) is 0 Å². The number of nitrogens with zero attached hydrogens (tertiary/aromatic N) is 2. The zero-order chi connectivity index (χ0) is 44.8. The fourth-order valence-corrected chi connectivity index (χ4v) is 9.68.